The first-order valence-electron chi connectivity index (χ1n) is 7.92. The van der Waals surface area contributed by atoms with Gasteiger partial charge in [0.15, 0.2) is 19.5 Å². The van der Waals surface area contributed by atoms with E-state index in [0.717, 1.165) is 52.0 Å². The molecule has 20 heavy (non-hydrogen) atoms. The highest BCUT2D eigenvalue weighted by molar-refractivity contribution is 6.27. The van der Waals surface area contributed by atoms with Crippen LogP contribution in [0, 0.1) is 0 Å². The molecule has 2 amide bonds. The van der Waals surface area contributed by atoms with Gasteiger partial charge >= 0.3 is 6.03 Å². The number of rotatable bonds is 14. The maximum atomic E-state index is 11.3. The third kappa shape index (κ3) is 12.6. The molecule has 0 aromatic rings. The lowest BCUT2D eigenvalue weighted by molar-refractivity contribution is 0.205. The van der Waals surface area contributed by atoms with E-state index < -0.39 is 0 Å². The molecule has 0 aromatic heterocycles. The lowest BCUT2D eigenvalue weighted by Gasteiger charge is -2.20. The summed E-state index contributed by atoms with van der Waals surface area (Å²) in [7, 11) is -0.650. The Labute approximate surface area is 128 Å². The summed E-state index contributed by atoms with van der Waals surface area (Å²) in [5, 5.41) is 0. The number of hydrogen-bond acceptors (Lipinski definition) is 3. The van der Waals surface area contributed by atoms with Gasteiger partial charge in [-0.3, -0.25) is 0 Å². The molecule has 0 rings (SSSR count). The van der Waals surface area contributed by atoms with E-state index in [-0.39, 0.29) is 25.6 Å². The van der Waals surface area contributed by atoms with E-state index in [9.17, 15) is 4.79 Å². The van der Waals surface area contributed by atoms with Gasteiger partial charge in [-0.1, -0.05) is 12.8 Å². The SMILES string of the molecule is CCO[SiH2]CCCCN(CCCC[SiH2]OCC)C(N)=O. The second-order valence-corrected chi connectivity index (χ2v) is 7.89. The van der Waals surface area contributed by atoms with Crippen LogP contribution in [-0.2, 0) is 8.85 Å². The molecule has 0 bridgehead atoms. The van der Waals surface area contributed by atoms with E-state index in [1.54, 1.807) is 4.90 Å². The quantitative estimate of drug-likeness (QED) is 0.384. The minimum atomic E-state index is -0.325. The Morgan fingerprint density at radius 2 is 1.40 bits per heavy atom. The molecule has 5 nitrogen and oxygen atoms in total. The standard InChI is InChI=1S/C13H32N2O3Si2/c1-3-17-19-11-7-5-9-15(13(14)16)10-6-8-12-20-18-4-2/h3-12,19-20H2,1-2H3,(H2,14,16). The molecule has 7 heteroatoms. The number of nitrogens with zero attached hydrogens (tertiary/aromatic N) is 1. The highest BCUT2D eigenvalue weighted by Gasteiger charge is 2.08. The van der Waals surface area contributed by atoms with Crippen LogP contribution in [-0.4, -0.2) is 56.8 Å². The van der Waals surface area contributed by atoms with Gasteiger partial charge in [-0.05, 0) is 38.8 Å². The van der Waals surface area contributed by atoms with E-state index in [2.05, 4.69) is 0 Å². The summed E-state index contributed by atoms with van der Waals surface area (Å²) in [4.78, 5) is 13.1. The zero-order valence-corrected chi connectivity index (χ0v) is 16.1. The van der Waals surface area contributed by atoms with Gasteiger partial charge in [-0.25, -0.2) is 4.79 Å². The summed E-state index contributed by atoms with van der Waals surface area (Å²) in [6.07, 6.45) is 4.37. The van der Waals surface area contributed by atoms with E-state index >= 15 is 0 Å². The number of nitrogens with two attached hydrogens (primary N) is 1. The highest BCUT2D eigenvalue weighted by atomic mass is 28.2. The molecule has 0 aromatic carbocycles. The van der Waals surface area contributed by atoms with Gasteiger partial charge in [0.1, 0.15) is 0 Å². The molecule has 120 valence electrons. The van der Waals surface area contributed by atoms with Gasteiger partial charge in [0.05, 0.1) is 0 Å². The fourth-order valence-corrected chi connectivity index (χ4v) is 4.09. The Morgan fingerprint density at radius 1 is 0.950 bits per heavy atom. The largest absolute Gasteiger partial charge is 0.424 e. The van der Waals surface area contributed by atoms with Crippen molar-refractivity contribution in [2.45, 2.75) is 51.6 Å². The van der Waals surface area contributed by atoms with Gasteiger partial charge in [0.25, 0.3) is 0 Å². The van der Waals surface area contributed by atoms with Crippen LogP contribution >= 0.6 is 0 Å². The summed E-state index contributed by atoms with van der Waals surface area (Å²) >= 11 is 0. The first-order chi connectivity index (χ1) is 9.72. The molecular weight excluding hydrogens is 288 g/mol. The van der Waals surface area contributed by atoms with Gasteiger partial charge in [0, 0.05) is 26.3 Å². The molecule has 0 heterocycles. The van der Waals surface area contributed by atoms with E-state index in [0.29, 0.717) is 0 Å². The molecular formula is C13H32N2O3Si2. The molecule has 0 saturated heterocycles. The van der Waals surface area contributed by atoms with Crippen molar-refractivity contribution in [2.24, 2.45) is 5.73 Å². The van der Waals surface area contributed by atoms with Crippen LogP contribution in [0.2, 0.25) is 12.1 Å². The van der Waals surface area contributed by atoms with Gasteiger partial charge in [-0.15, -0.1) is 0 Å². The van der Waals surface area contributed by atoms with Crippen LogP contribution in [0.5, 0.6) is 0 Å². The number of urea groups is 1. The van der Waals surface area contributed by atoms with E-state index in [1.807, 2.05) is 13.8 Å². The molecule has 0 aliphatic heterocycles. The van der Waals surface area contributed by atoms with Crippen molar-refractivity contribution in [1.82, 2.24) is 4.90 Å². The fraction of sp³-hybridized carbons (Fsp3) is 0.923. The zero-order chi connectivity index (χ0) is 15.1. The number of amides is 2. The number of carbonyl (C=O) groups is 1. The summed E-state index contributed by atoms with van der Waals surface area (Å²) in [5.74, 6) is 0. The summed E-state index contributed by atoms with van der Waals surface area (Å²) in [5.41, 5.74) is 5.42. The van der Waals surface area contributed by atoms with Crippen LogP contribution < -0.4 is 5.73 Å². The van der Waals surface area contributed by atoms with Crippen molar-refractivity contribution in [3.05, 3.63) is 0 Å². The zero-order valence-electron chi connectivity index (χ0n) is 13.2. The highest BCUT2D eigenvalue weighted by Crippen LogP contribution is 2.03. The Hall–Kier alpha value is -0.376. The number of primary amides is 1. The second kappa shape index (κ2) is 15.0. The van der Waals surface area contributed by atoms with E-state index in [1.165, 1.54) is 12.1 Å². The smallest absolute Gasteiger partial charge is 0.314 e. The first-order valence-corrected chi connectivity index (χ1v) is 11.1. The van der Waals surface area contributed by atoms with Crippen LogP contribution in [0.4, 0.5) is 4.79 Å². The molecule has 0 spiro atoms. The van der Waals surface area contributed by atoms with Crippen LogP contribution in [0.3, 0.4) is 0 Å². The lowest BCUT2D eigenvalue weighted by Crippen LogP contribution is -2.37. The molecule has 0 radical (unpaired) electrons. The van der Waals surface area contributed by atoms with Gasteiger partial charge in [-0.2, -0.15) is 0 Å². The minimum Gasteiger partial charge on any atom is -0.424 e. The normalized spacial score (nSPS) is 11.9. The maximum absolute atomic E-state index is 11.3. The third-order valence-electron chi connectivity index (χ3n) is 3.15. The van der Waals surface area contributed by atoms with Crippen LogP contribution in [0.1, 0.15) is 39.5 Å². The number of hydrogen-bond donors (Lipinski definition) is 1. The molecule has 0 atom stereocenters. The Bertz CT molecular complexity index is 218. The van der Waals surface area contributed by atoms with Crippen molar-refractivity contribution >= 4 is 25.6 Å². The molecule has 2 N–H and O–H groups in total. The van der Waals surface area contributed by atoms with Crippen molar-refractivity contribution in [2.75, 3.05) is 26.3 Å². The minimum absolute atomic E-state index is 0.283. The first kappa shape index (κ1) is 19.6. The summed E-state index contributed by atoms with van der Waals surface area (Å²) in [6, 6.07) is 2.11. The molecule has 0 fully saturated rings. The van der Waals surface area contributed by atoms with Crippen LogP contribution in [0.25, 0.3) is 0 Å². The molecule has 0 saturated carbocycles. The summed E-state index contributed by atoms with van der Waals surface area (Å²) < 4.78 is 10.9. The van der Waals surface area contributed by atoms with E-state index in [4.69, 9.17) is 14.6 Å². The van der Waals surface area contributed by atoms with Crippen molar-refractivity contribution in [3.63, 3.8) is 0 Å². The average Bonchev–Trinajstić information content (AvgIpc) is 2.43. The molecule has 0 unspecified atom stereocenters. The summed E-state index contributed by atoms with van der Waals surface area (Å²) in [6.45, 7) is 7.33. The van der Waals surface area contributed by atoms with Crippen molar-refractivity contribution in [3.8, 4) is 0 Å². The van der Waals surface area contributed by atoms with Crippen molar-refractivity contribution in [1.29, 1.82) is 0 Å². The van der Waals surface area contributed by atoms with Crippen LogP contribution in [0.15, 0.2) is 0 Å². The number of carbonyl (C=O) groups excluding carboxylic acids is 1. The van der Waals surface area contributed by atoms with Crippen molar-refractivity contribution < 1.29 is 13.6 Å². The van der Waals surface area contributed by atoms with Gasteiger partial charge in [0.2, 0.25) is 0 Å². The predicted molar refractivity (Wildman–Crippen MR) is 89.6 cm³/mol. The Balaban J connectivity index is 3.53. The number of unbranched alkanes of at least 4 members (excludes halogenated alkanes) is 2. The monoisotopic (exact) mass is 320 g/mol. The molecule has 0 aliphatic carbocycles. The third-order valence-corrected chi connectivity index (χ3v) is 6.12. The Kier molecular flexibility index (Phi) is 14.7. The molecule has 0 aliphatic rings. The second-order valence-electron chi connectivity index (χ2n) is 4.84. The Morgan fingerprint density at radius 3 is 1.75 bits per heavy atom. The average molecular weight is 321 g/mol. The maximum Gasteiger partial charge on any atom is 0.314 e. The lowest BCUT2D eigenvalue weighted by atomic mass is 10.3. The van der Waals surface area contributed by atoms with Gasteiger partial charge < -0.3 is 19.5 Å². The topological polar surface area (TPSA) is 64.8 Å². The predicted octanol–water partition coefficient (Wildman–Crippen LogP) is 1.00. The fourth-order valence-electron chi connectivity index (χ4n) is 1.99.